The van der Waals surface area contributed by atoms with Gasteiger partial charge in [-0.05, 0) is 41.6 Å². The summed E-state index contributed by atoms with van der Waals surface area (Å²) in [5, 5.41) is 1.89. The van der Waals surface area contributed by atoms with E-state index in [9.17, 15) is 0 Å². The van der Waals surface area contributed by atoms with Crippen LogP contribution in [0.2, 0.25) is 13.6 Å². The van der Waals surface area contributed by atoms with Gasteiger partial charge in [0.2, 0.25) is 0 Å². The van der Waals surface area contributed by atoms with E-state index >= 15 is 0 Å². The van der Waals surface area contributed by atoms with E-state index in [0.29, 0.717) is 0 Å². The lowest BCUT2D eigenvalue weighted by Gasteiger charge is -2.28. The molecule has 2 saturated carbocycles. The maximum absolute atomic E-state index is 2.28. The highest BCUT2D eigenvalue weighted by Gasteiger charge is 2.45. The molecule has 2 atom stereocenters. The summed E-state index contributed by atoms with van der Waals surface area (Å²) < 4.78 is 0. The average Bonchev–Trinajstić information content (AvgIpc) is 2.64. The van der Waals surface area contributed by atoms with Crippen LogP contribution in [0.4, 0.5) is 0 Å². The lowest BCUT2D eigenvalue weighted by Crippen LogP contribution is -2.25. The molecule has 2 bridgehead atoms. The monoisotopic (exact) mass is 210 g/mol. The van der Waals surface area contributed by atoms with E-state index in [4.69, 9.17) is 0 Å². The van der Waals surface area contributed by atoms with Crippen LogP contribution in [0.3, 0.4) is 0 Å². The van der Waals surface area contributed by atoms with E-state index in [1.165, 1.54) is 19.3 Å². The van der Waals surface area contributed by atoms with Crippen LogP contribution < -0.4 is 0 Å². The maximum Gasteiger partial charge on any atom is 0.188 e. The molecule has 2 aliphatic carbocycles. The quantitative estimate of drug-likeness (QED) is 0.654. The SMILES string of the molecule is C[B]SC1CC2CC(S[B]C)C1C2. The van der Waals surface area contributed by atoms with Gasteiger partial charge in [-0.25, -0.2) is 23.2 Å². The molecule has 0 nitrogen and oxygen atoms in total. The minimum Gasteiger partial charge on any atom is -0.215 e. The fourth-order valence-electron chi connectivity index (χ4n) is 2.89. The Balaban J connectivity index is 1.90. The lowest BCUT2D eigenvalue weighted by atomic mass is 9.99. The summed E-state index contributed by atoms with van der Waals surface area (Å²) in [5.41, 5.74) is 0. The third-order valence-electron chi connectivity index (χ3n) is 3.31. The van der Waals surface area contributed by atoms with Crippen LogP contribution in [0.1, 0.15) is 19.3 Å². The zero-order valence-electron chi connectivity index (χ0n) is 8.40. The van der Waals surface area contributed by atoms with Crippen LogP contribution >= 0.6 is 23.2 Å². The molecule has 0 aromatic carbocycles. The summed E-state index contributed by atoms with van der Waals surface area (Å²) in [7, 11) is 0. The largest absolute Gasteiger partial charge is 0.215 e. The van der Waals surface area contributed by atoms with Crippen molar-refractivity contribution in [2.24, 2.45) is 11.8 Å². The minimum absolute atomic E-state index is 0.946. The van der Waals surface area contributed by atoms with Gasteiger partial charge < -0.3 is 0 Å². The van der Waals surface area contributed by atoms with Gasteiger partial charge in [0.15, 0.2) is 13.1 Å². The predicted molar refractivity (Wildman–Crippen MR) is 66.8 cm³/mol. The van der Waals surface area contributed by atoms with Crippen LogP contribution in [0.15, 0.2) is 0 Å². The predicted octanol–water partition coefficient (Wildman–Crippen LogP) is 2.95. The first-order valence-corrected chi connectivity index (χ1v) is 7.10. The highest BCUT2D eigenvalue weighted by molar-refractivity contribution is 8.23. The molecular weight excluding hydrogens is 194 g/mol. The van der Waals surface area contributed by atoms with Crippen molar-refractivity contribution in [2.45, 2.75) is 43.4 Å². The minimum atomic E-state index is 0.946. The molecule has 4 heteroatoms. The van der Waals surface area contributed by atoms with Gasteiger partial charge in [-0.3, -0.25) is 0 Å². The normalized spacial score (nSPS) is 42.3. The second-order valence-electron chi connectivity index (χ2n) is 4.06. The zero-order valence-corrected chi connectivity index (χ0v) is 10.0. The van der Waals surface area contributed by atoms with Crippen LogP contribution in [0, 0.1) is 11.8 Å². The van der Waals surface area contributed by atoms with E-state index in [1.54, 1.807) is 0 Å². The van der Waals surface area contributed by atoms with Gasteiger partial charge in [-0.15, -0.1) is 0 Å². The third-order valence-corrected chi connectivity index (χ3v) is 5.64. The molecular formula is C9H16B2S2. The Morgan fingerprint density at radius 2 is 1.46 bits per heavy atom. The molecule has 2 fully saturated rings. The van der Waals surface area contributed by atoms with Crippen molar-refractivity contribution in [2.75, 3.05) is 0 Å². The molecule has 2 unspecified atom stereocenters. The second kappa shape index (κ2) is 4.57. The van der Waals surface area contributed by atoms with Crippen LogP contribution in [0.25, 0.3) is 0 Å². The van der Waals surface area contributed by atoms with Gasteiger partial charge in [0.25, 0.3) is 0 Å². The van der Waals surface area contributed by atoms with E-state index < -0.39 is 0 Å². The summed E-state index contributed by atoms with van der Waals surface area (Å²) in [5.74, 6) is 2.06. The third kappa shape index (κ3) is 2.09. The Labute approximate surface area is 91.7 Å². The van der Waals surface area contributed by atoms with Crippen molar-refractivity contribution >= 4 is 36.3 Å². The van der Waals surface area contributed by atoms with Crippen molar-refractivity contribution < 1.29 is 0 Å². The van der Waals surface area contributed by atoms with Crippen molar-refractivity contribution in [3.63, 3.8) is 0 Å². The Hall–Kier alpha value is 0.830. The van der Waals surface area contributed by atoms with Gasteiger partial charge >= 0.3 is 0 Å². The van der Waals surface area contributed by atoms with E-state index in [-0.39, 0.29) is 0 Å². The Morgan fingerprint density at radius 3 is 1.85 bits per heavy atom. The molecule has 70 valence electrons. The molecule has 2 aliphatic rings. The summed E-state index contributed by atoms with van der Waals surface area (Å²) >= 11 is 4.16. The van der Waals surface area contributed by atoms with Crippen LogP contribution in [0.5, 0.6) is 0 Å². The zero-order chi connectivity index (χ0) is 9.26. The highest BCUT2D eigenvalue weighted by atomic mass is 32.2. The highest BCUT2D eigenvalue weighted by Crippen LogP contribution is 2.52. The molecule has 2 radical (unpaired) electrons. The summed E-state index contributed by atoms with van der Waals surface area (Å²) in [6.07, 6.45) is 4.48. The van der Waals surface area contributed by atoms with E-state index in [0.717, 1.165) is 22.3 Å². The van der Waals surface area contributed by atoms with Gasteiger partial charge in [0.1, 0.15) is 0 Å². The summed E-state index contributed by atoms with van der Waals surface area (Å²) in [4.78, 5) is 0. The first-order chi connectivity index (χ1) is 6.35. The van der Waals surface area contributed by atoms with E-state index in [2.05, 4.69) is 50.0 Å². The van der Waals surface area contributed by atoms with Crippen molar-refractivity contribution in [1.29, 1.82) is 0 Å². The topological polar surface area (TPSA) is 0 Å². The molecule has 13 heavy (non-hydrogen) atoms. The molecule has 2 rings (SSSR count). The maximum atomic E-state index is 2.28. The number of hydrogen-bond donors (Lipinski definition) is 0. The fraction of sp³-hybridized carbons (Fsp3) is 1.00. The molecule has 0 aromatic rings. The van der Waals surface area contributed by atoms with Crippen LogP contribution in [-0.2, 0) is 0 Å². The molecule has 0 spiro atoms. The molecule has 0 saturated heterocycles. The summed E-state index contributed by atoms with van der Waals surface area (Å²) in [6.45, 7) is 8.90. The smallest absolute Gasteiger partial charge is 0.188 e. The summed E-state index contributed by atoms with van der Waals surface area (Å²) in [6, 6.07) is 0. The van der Waals surface area contributed by atoms with Gasteiger partial charge in [0.05, 0.1) is 0 Å². The van der Waals surface area contributed by atoms with Gasteiger partial charge in [-0.1, -0.05) is 13.6 Å². The van der Waals surface area contributed by atoms with Crippen LogP contribution in [-0.4, -0.2) is 23.6 Å². The lowest BCUT2D eigenvalue weighted by molar-refractivity contribution is 0.506. The molecule has 0 heterocycles. The van der Waals surface area contributed by atoms with Crippen molar-refractivity contribution in [3.8, 4) is 0 Å². The average molecular weight is 210 g/mol. The number of fused-ring (bicyclic) bond motifs is 2. The van der Waals surface area contributed by atoms with Gasteiger partial charge in [0, 0.05) is 0 Å². The van der Waals surface area contributed by atoms with Crippen molar-refractivity contribution in [3.05, 3.63) is 0 Å². The Morgan fingerprint density at radius 1 is 0.923 bits per heavy atom. The Bertz CT molecular complexity index is 161. The fourth-order valence-corrected chi connectivity index (χ4v) is 5.46. The van der Waals surface area contributed by atoms with Gasteiger partial charge in [-0.2, -0.15) is 0 Å². The second-order valence-corrected chi connectivity index (χ2v) is 6.76. The first kappa shape index (κ1) is 10.4. The molecule has 0 N–H and O–H groups in total. The molecule has 0 aliphatic heterocycles. The van der Waals surface area contributed by atoms with Crippen molar-refractivity contribution in [1.82, 2.24) is 0 Å². The number of rotatable bonds is 4. The van der Waals surface area contributed by atoms with E-state index in [1.807, 2.05) is 0 Å². The standard InChI is InChI=1S/C9H16B2S2/c1-10-12-8-4-6-3-7(8)9(5-6)13-11-2/h6-9H,3-5H2,1-2H3. The Kier molecular flexibility index (Phi) is 3.64. The molecule has 0 aromatic heterocycles. The number of hydrogen-bond acceptors (Lipinski definition) is 2. The molecule has 0 amide bonds. The first-order valence-electron chi connectivity index (χ1n) is 5.21.